The number of unbranched alkanes of at least 4 members (excludes halogenated alkanes) is 3. The lowest BCUT2D eigenvalue weighted by atomic mass is 9.99. The summed E-state index contributed by atoms with van der Waals surface area (Å²) in [6.07, 6.45) is 2.54. The Kier molecular flexibility index (Phi) is 6.53. The zero-order valence-electron chi connectivity index (χ0n) is 16.2. The van der Waals surface area contributed by atoms with E-state index < -0.39 is 17.9 Å². The van der Waals surface area contributed by atoms with Crippen molar-refractivity contribution >= 4 is 5.97 Å². The van der Waals surface area contributed by atoms with Crippen molar-refractivity contribution in [2.24, 2.45) is 0 Å². The summed E-state index contributed by atoms with van der Waals surface area (Å²) in [5.41, 5.74) is -0.0243. The van der Waals surface area contributed by atoms with E-state index in [0.717, 1.165) is 12.8 Å². The van der Waals surface area contributed by atoms with Gasteiger partial charge in [0.15, 0.2) is 5.72 Å². The van der Waals surface area contributed by atoms with Crippen molar-refractivity contribution in [3.05, 3.63) is 29.8 Å². The smallest absolute Gasteiger partial charge is 0.490 e. The van der Waals surface area contributed by atoms with Gasteiger partial charge in [-0.3, -0.25) is 5.32 Å². The third kappa shape index (κ3) is 5.40. The van der Waals surface area contributed by atoms with Gasteiger partial charge < -0.3 is 9.47 Å². The van der Waals surface area contributed by atoms with Crippen molar-refractivity contribution < 1.29 is 27.4 Å². The molecule has 28 heavy (non-hydrogen) atoms. The van der Waals surface area contributed by atoms with Crippen LogP contribution < -0.4 is 10.1 Å². The second kappa shape index (κ2) is 8.72. The fraction of sp³-hybridized carbons (Fsp3) is 0.667. The summed E-state index contributed by atoms with van der Waals surface area (Å²) in [4.78, 5) is 11.3. The fourth-order valence-electron chi connectivity index (χ4n) is 4.16. The van der Waals surface area contributed by atoms with Crippen molar-refractivity contribution in [1.29, 1.82) is 0 Å². The molecule has 1 N–H and O–H groups in total. The average Bonchev–Trinajstić information content (AvgIpc) is 2.93. The van der Waals surface area contributed by atoms with Crippen LogP contribution in [0.5, 0.6) is 5.75 Å². The van der Waals surface area contributed by atoms with Crippen LogP contribution >= 0.6 is 0 Å². The Morgan fingerprint density at radius 1 is 1.21 bits per heavy atom. The molecule has 2 heterocycles. The van der Waals surface area contributed by atoms with Crippen LogP contribution in [0.1, 0.15) is 63.9 Å². The standard InChI is InChI=1S/C21H28F3NO3/c1-2-3-4-5-6-15-7-9-17(10-8-15)27-18-13-16-11-12-20(14-18,25-16)28-19(26)21(22,23)24/h7-10,16,18,25H,2-6,11-14H2,1H3. The molecule has 1 aromatic rings. The molecule has 156 valence electrons. The molecule has 2 fully saturated rings. The van der Waals surface area contributed by atoms with Gasteiger partial charge in [0.1, 0.15) is 11.9 Å². The van der Waals surface area contributed by atoms with Crippen molar-refractivity contribution in [3.63, 3.8) is 0 Å². The van der Waals surface area contributed by atoms with Gasteiger partial charge in [-0.15, -0.1) is 0 Å². The van der Waals surface area contributed by atoms with Gasteiger partial charge in [0.25, 0.3) is 0 Å². The molecule has 0 aromatic heterocycles. The minimum atomic E-state index is -4.99. The van der Waals surface area contributed by atoms with Crippen LogP contribution in [0.4, 0.5) is 13.2 Å². The van der Waals surface area contributed by atoms with Gasteiger partial charge in [-0.1, -0.05) is 38.3 Å². The molecule has 2 aliphatic heterocycles. The molecule has 7 heteroatoms. The molecule has 3 unspecified atom stereocenters. The van der Waals surface area contributed by atoms with Crippen molar-refractivity contribution in [2.45, 2.75) is 88.8 Å². The van der Waals surface area contributed by atoms with E-state index in [1.165, 1.54) is 24.8 Å². The predicted molar refractivity (Wildman–Crippen MR) is 99.0 cm³/mol. The summed E-state index contributed by atoms with van der Waals surface area (Å²) in [6, 6.07) is 7.89. The highest BCUT2D eigenvalue weighted by Crippen LogP contribution is 2.39. The Bertz CT molecular complexity index is 662. The average molecular weight is 399 g/mol. The molecule has 2 bridgehead atoms. The van der Waals surface area contributed by atoms with Crippen molar-refractivity contribution in [1.82, 2.24) is 5.32 Å². The lowest BCUT2D eigenvalue weighted by Gasteiger charge is -2.38. The Hall–Kier alpha value is -1.76. The number of rotatable bonds is 8. The van der Waals surface area contributed by atoms with Crippen LogP contribution in [-0.4, -0.2) is 30.0 Å². The molecule has 0 aliphatic carbocycles. The maximum absolute atomic E-state index is 12.6. The van der Waals surface area contributed by atoms with Crippen LogP contribution in [0, 0.1) is 0 Å². The van der Waals surface area contributed by atoms with E-state index in [-0.39, 0.29) is 18.6 Å². The molecular weight excluding hydrogens is 371 g/mol. The molecule has 2 aliphatic rings. The van der Waals surface area contributed by atoms with Gasteiger partial charge in [0, 0.05) is 18.9 Å². The van der Waals surface area contributed by atoms with E-state index in [2.05, 4.69) is 12.2 Å². The van der Waals surface area contributed by atoms with Gasteiger partial charge in [-0.25, -0.2) is 4.79 Å². The third-order valence-corrected chi connectivity index (χ3v) is 5.53. The lowest BCUT2D eigenvalue weighted by molar-refractivity contribution is -0.219. The molecule has 3 atom stereocenters. The first kappa shape index (κ1) is 21.0. The quantitative estimate of drug-likeness (QED) is 0.499. The van der Waals surface area contributed by atoms with Crippen LogP contribution in [0.15, 0.2) is 24.3 Å². The van der Waals surface area contributed by atoms with E-state index >= 15 is 0 Å². The third-order valence-electron chi connectivity index (χ3n) is 5.53. The van der Waals surface area contributed by atoms with E-state index in [4.69, 9.17) is 9.47 Å². The van der Waals surface area contributed by atoms with E-state index in [1.807, 2.05) is 24.3 Å². The Labute approximate surface area is 163 Å². The molecule has 0 spiro atoms. The number of carbonyl (C=O) groups excluding carboxylic acids is 1. The summed E-state index contributed by atoms with van der Waals surface area (Å²) < 4.78 is 48.7. The number of piperidine rings is 1. The predicted octanol–water partition coefficient (Wildman–Crippen LogP) is 4.90. The number of hydrogen-bond donors (Lipinski definition) is 1. The summed E-state index contributed by atoms with van der Waals surface area (Å²) in [6.45, 7) is 2.19. The number of hydrogen-bond acceptors (Lipinski definition) is 4. The number of aryl methyl sites for hydroxylation is 1. The number of carbonyl (C=O) groups is 1. The first-order valence-electron chi connectivity index (χ1n) is 10.1. The van der Waals surface area contributed by atoms with Crippen LogP contribution in [-0.2, 0) is 16.0 Å². The minimum Gasteiger partial charge on any atom is -0.490 e. The first-order chi connectivity index (χ1) is 13.3. The molecular formula is C21H28F3NO3. The first-order valence-corrected chi connectivity index (χ1v) is 10.1. The zero-order valence-corrected chi connectivity index (χ0v) is 16.2. The maximum Gasteiger partial charge on any atom is 0.490 e. The highest BCUT2D eigenvalue weighted by atomic mass is 19.4. The second-order valence-corrected chi connectivity index (χ2v) is 7.90. The summed E-state index contributed by atoms with van der Waals surface area (Å²) in [7, 11) is 0. The molecule has 3 rings (SSSR count). The number of esters is 1. The SMILES string of the molecule is CCCCCCc1ccc(OC2CC3CCC(OC(=O)C(F)(F)F)(C2)N3)cc1. The normalized spacial score (nSPS) is 26.9. The van der Waals surface area contributed by atoms with Crippen LogP contribution in [0.25, 0.3) is 0 Å². The van der Waals surface area contributed by atoms with Gasteiger partial charge in [0.2, 0.25) is 0 Å². The monoisotopic (exact) mass is 399 g/mol. The zero-order chi connectivity index (χ0) is 20.2. The molecule has 2 saturated heterocycles. The Morgan fingerprint density at radius 2 is 1.96 bits per heavy atom. The number of fused-ring (bicyclic) bond motifs is 2. The van der Waals surface area contributed by atoms with Gasteiger partial charge in [0.05, 0.1) is 0 Å². The number of nitrogens with one attached hydrogen (secondary N) is 1. The molecule has 0 radical (unpaired) electrons. The Balaban J connectivity index is 1.55. The van der Waals surface area contributed by atoms with Gasteiger partial charge in [-0.2, -0.15) is 13.2 Å². The van der Waals surface area contributed by atoms with E-state index in [9.17, 15) is 18.0 Å². The van der Waals surface area contributed by atoms with E-state index in [0.29, 0.717) is 25.0 Å². The topological polar surface area (TPSA) is 47.6 Å². The van der Waals surface area contributed by atoms with Crippen LogP contribution in [0.2, 0.25) is 0 Å². The van der Waals surface area contributed by atoms with Crippen molar-refractivity contribution in [2.75, 3.05) is 0 Å². The number of alkyl halides is 3. The summed E-state index contributed by atoms with van der Waals surface area (Å²) in [5, 5.41) is 3.04. The van der Waals surface area contributed by atoms with Gasteiger partial charge in [-0.05, 0) is 43.4 Å². The summed E-state index contributed by atoms with van der Waals surface area (Å²) >= 11 is 0. The molecule has 0 amide bonds. The molecule has 0 saturated carbocycles. The fourth-order valence-corrected chi connectivity index (χ4v) is 4.16. The van der Waals surface area contributed by atoms with Crippen LogP contribution in [0.3, 0.4) is 0 Å². The largest absolute Gasteiger partial charge is 0.490 e. The molecule has 1 aromatic carbocycles. The Morgan fingerprint density at radius 3 is 2.64 bits per heavy atom. The van der Waals surface area contributed by atoms with Gasteiger partial charge >= 0.3 is 12.1 Å². The van der Waals surface area contributed by atoms with E-state index in [1.54, 1.807) is 0 Å². The highest BCUT2D eigenvalue weighted by molar-refractivity contribution is 5.76. The lowest BCUT2D eigenvalue weighted by Crippen LogP contribution is -2.56. The maximum atomic E-state index is 12.6. The minimum absolute atomic E-state index is 0.00220. The van der Waals surface area contributed by atoms with Crippen molar-refractivity contribution in [3.8, 4) is 5.75 Å². The number of ether oxygens (including phenoxy) is 2. The second-order valence-electron chi connectivity index (χ2n) is 7.90. The number of benzene rings is 1. The number of halogens is 3. The highest BCUT2D eigenvalue weighted by Gasteiger charge is 2.53. The summed E-state index contributed by atoms with van der Waals surface area (Å²) in [5.74, 6) is -1.45. The molecule has 4 nitrogen and oxygen atoms in total.